The van der Waals surface area contributed by atoms with Crippen LogP contribution in [0.5, 0.6) is 0 Å². The van der Waals surface area contributed by atoms with Gasteiger partial charge in [0.2, 0.25) is 0 Å². The Morgan fingerprint density at radius 3 is 2.83 bits per heavy atom. The van der Waals surface area contributed by atoms with Gasteiger partial charge in [0, 0.05) is 17.5 Å². The first kappa shape index (κ1) is 12.3. The number of hydrogen-bond acceptors (Lipinski definition) is 2. The summed E-state index contributed by atoms with van der Waals surface area (Å²) in [5.41, 5.74) is 1.53. The second kappa shape index (κ2) is 5.03. The van der Waals surface area contributed by atoms with Gasteiger partial charge in [-0.15, -0.1) is 0 Å². The number of hydrogen-bond donors (Lipinski definition) is 1. The molecule has 1 atom stereocenters. The van der Waals surface area contributed by atoms with E-state index in [1.165, 1.54) is 6.07 Å². The molecule has 3 nitrogen and oxygen atoms in total. The Morgan fingerprint density at radius 1 is 1.44 bits per heavy atom. The van der Waals surface area contributed by atoms with Gasteiger partial charge in [0.1, 0.15) is 5.82 Å². The van der Waals surface area contributed by atoms with Gasteiger partial charge < -0.3 is 9.67 Å². The molecule has 1 N–H and O–H groups in total. The van der Waals surface area contributed by atoms with E-state index in [1.54, 1.807) is 35.9 Å². The highest BCUT2D eigenvalue weighted by Gasteiger charge is 2.09. The number of halogens is 1. The van der Waals surface area contributed by atoms with Gasteiger partial charge in [0.25, 0.3) is 0 Å². The first-order valence-electron chi connectivity index (χ1n) is 5.63. The zero-order chi connectivity index (χ0) is 13.1. The fraction of sp³-hybridized carbons (Fsp3) is 0.214. The molecule has 0 aliphatic rings. The topological polar surface area (TPSA) is 49.0 Å². The lowest BCUT2D eigenvalue weighted by atomic mass is 10.1. The summed E-state index contributed by atoms with van der Waals surface area (Å²) in [5.74, 6) is -0.403. The van der Waals surface area contributed by atoms with E-state index in [4.69, 9.17) is 5.26 Å². The van der Waals surface area contributed by atoms with Crippen molar-refractivity contribution in [1.29, 1.82) is 5.26 Å². The van der Waals surface area contributed by atoms with Crippen LogP contribution in [0.4, 0.5) is 4.39 Å². The Kier molecular flexibility index (Phi) is 3.45. The lowest BCUT2D eigenvalue weighted by molar-refractivity contribution is 0.189. The number of aliphatic hydroxyl groups is 1. The van der Waals surface area contributed by atoms with Crippen molar-refractivity contribution in [2.24, 2.45) is 0 Å². The van der Waals surface area contributed by atoms with Crippen LogP contribution >= 0.6 is 0 Å². The molecular weight excluding hydrogens is 231 g/mol. The fourth-order valence-electron chi connectivity index (χ4n) is 1.88. The normalized spacial score (nSPS) is 12.1. The molecule has 1 aromatic carbocycles. The second-order valence-electron chi connectivity index (χ2n) is 4.15. The number of aromatic nitrogens is 1. The van der Waals surface area contributed by atoms with Crippen LogP contribution in [0, 0.1) is 17.1 Å². The summed E-state index contributed by atoms with van der Waals surface area (Å²) in [7, 11) is 0. The maximum absolute atomic E-state index is 13.7. The van der Waals surface area contributed by atoms with E-state index in [9.17, 15) is 9.50 Å². The summed E-state index contributed by atoms with van der Waals surface area (Å²) in [6.07, 6.45) is 1.20. The second-order valence-corrected chi connectivity index (χ2v) is 4.15. The van der Waals surface area contributed by atoms with Crippen molar-refractivity contribution in [3.63, 3.8) is 0 Å². The SMILES string of the molecule is CC(O)c1cccn1Cc1ccc(C#N)cc1F. The van der Waals surface area contributed by atoms with Crippen molar-refractivity contribution in [3.05, 3.63) is 59.2 Å². The average molecular weight is 244 g/mol. The molecule has 0 fully saturated rings. The lowest BCUT2D eigenvalue weighted by Gasteiger charge is -2.12. The monoisotopic (exact) mass is 244 g/mol. The van der Waals surface area contributed by atoms with Crippen molar-refractivity contribution in [2.45, 2.75) is 19.6 Å². The Hall–Kier alpha value is -2.12. The smallest absolute Gasteiger partial charge is 0.129 e. The van der Waals surface area contributed by atoms with Gasteiger partial charge >= 0.3 is 0 Å². The van der Waals surface area contributed by atoms with Crippen molar-refractivity contribution >= 4 is 0 Å². The minimum Gasteiger partial charge on any atom is -0.387 e. The van der Waals surface area contributed by atoms with Gasteiger partial charge in [-0.2, -0.15) is 5.26 Å². The van der Waals surface area contributed by atoms with Crippen LogP contribution < -0.4 is 0 Å². The maximum atomic E-state index is 13.7. The first-order chi connectivity index (χ1) is 8.61. The van der Waals surface area contributed by atoms with Crippen molar-refractivity contribution in [2.75, 3.05) is 0 Å². The lowest BCUT2D eigenvalue weighted by Crippen LogP contribution is -2.07. The molecule has 18 heavy (non-hydrogen) atoms. The Balaban J connectivity index is 2.29. The van der Waals surface area contributed by atoms with Gasteiger partial charge in [-0.1, -0.05) is 6.07 Å². The minimum atomic E-state index is -0.596. The molecule has 1 aromatic heterocycles. The third-order valence-corrected chi connectivity index (χ3v) is 2.82. The number of aliphatic hydroxyl groups excluding tert-OH is 1. The van der Waals surface area contributed by atoms with E-state index >= 15 is 0 Å². The van der Waals surface area contributed by atoms with Crippen LogP contribution in [-0.4, -0.2) is 9.67 Å². The van der Waals surface area contributed by atoms with Crippen LogP contribution in [0.25, 0.3) is 0 Å². The summed E-state index contributed by atoms with van der Waals surface area (Å²) in [5, 5.41) is 18.2. The summed E-state index contributed by atoms with van der Waals surface area (Å²) in [6, 6.07) is 9.91. The number of benzene rings is 1. The zero-order valence-corrected chi connectivity index (χ0v) is 9.97. The quantitative estimate of drug-likeness (QED) is 0.902. The molecule has 1 unspecified atom stereocenters. The molecule has 0 bridgehead atoms. The van der Waals surface area contributed by atoms with Gasteiger partial charge in [-0.05, 0) is 31.2 Å². The molecule has 0 amide bonds. The molecule has 0 aliphatic carbocycles. The number of nitriles is 1. The highest BCUT2D eigenvalue weighted by molar-refractivity contribution is 5.33. The third-order valence-electron chi connectivity index (χ3n) is 2.82. The summed E-state index contributed by atoms with van der Waals surface area (Å²) >= 11 is 0. The van der Waals surface area contributed by atoms with Gasteiger partial charge in [-0.25, -0.2) is 4.39 Å². The number of rotatable bonds is 3. The summed E-state index contributed by atoms with van der Waals surface area (Å²) in [4.78, 5) is 0. The Morgan fingerprint density at radius 2 is 2.22 bits per heavy atom. The van der Waals surface area contributed by atoms with Crippen molar-refractivity contribution in [3.8, 4) is 6.07 Å². The molecule has 0 saturated heterocycles. The summed E-state index contributed by atoms with van der Waals surface area (Å²) < 4.78 is 15.5. The molecule has 2 rings (SSSR count). The maximum Gasteiger partial charge on any atom is 0.129 e. The van der Waals surface area contributed by atoms with Crippen LogP contribution in [0.3, 0.4) is 0 Å². The largest absolute Gasteiger partial charge is 0.387 e. The number of nitrogens with zero attached hydrogens (tertiary/aromatic N) is 2. The van der Waals surface area contributed by atoms with E-state index in [0.29, 0.717) is 17.7 Å². The van der Waals surface area contributed by atoms with Gasteiger partial charge in [0.15, 0.2) is 0 Å². The van der Waals surface area contributed by atoms with E-state index < -0.39 is 11.9 Å². The zero-order valence-electron chi connectivity index (χ0n) is 9.97. The van der Waals surface area contributed by atoms with Gasteiger partial charge in [-0.3, -0.25) is 0 Å². The minimum absolute atomic E-state index is 0.305. The van der Waals surface area contributed by atoms with Crippen LogP contribution in [0.2, 0.25) is 0 Å². The molecule has 0 radical (unpaired) electrons. The highest BCUT2D eigenvalue weighted by Crippen LogP contribution is 2.17. The predicted molar refractivity (Wildman–Crippen MR) is 65.3 cm³/mol. The van der Waals surface area contributed by atoms with Crippen LogP contribution in [-0.2, 0) is 6.54 Å². The summed E-state index contributed by atoms with van der Waals surface area (Å²) in [6.45, 7) is 2.01. The van der Waals surface area contributed by atoms with Crippen molar-refractivity contribution in [1.82, 2.24) is 4.57 Å². The van der Waals surface area contributed by atoms with Crippen molar-refractivity contribution < 1.29 is 9.50 Å². The van der Waals surface area contributed by atoms with E-state index in [0.717, 1.165) is 5.69 Å². The Bertz CT molecular complexity index is 596. The standard InChI is InChI=1S/C14H13FN2O/c1-10(18)14-3-2-6-17(14)9-12-5-4-11(8-16)7-13(12)15/h2-7,10,18H,9H2,1H3. The van der Waals surface area contributed by atoms with Gasteiger partial charge in [0.05, 0.1) is 24.3 Å². The molecule has 0 aliphatic heterocycles. The first-order valence-corrected chi connectivity index (χ1v) is 5.63. The van der Waals surface area contributed by atoms with Crippen LogP contribution in [0.15, 0.2) is 36.5 Å². The molecule has 1 heterocycles. The van der Waals surface area contributed by atoms with E-state index in [-0.39, 0.29) is 0 Å². The molecule has 0 saturated carbocycles. The van der Waals surface area contributed by atoms with E-state index in [1.807, 2.05) is 12.1 Å². The average Bonchev–Trinajstić information content (AvgIpc) is 2.80. The fourth-order valence-corrected chi connectivity index (χ4v) is 1.88. The molecule has 92 valence electrons. The van der Waals surface area contributed by atoms with Crippen LogP contribution in [0.1, 0.15) is 29.8 Å². The molecule has 2 aromatic rings. The molecule has 4 heteroatoms. The van der Waals surface area contributed by atoms with E-state index in [2.05, 4.69) is 0 Å². The molecule has 0 spiro atoms. The highest BCUT2D eigenvalue weighted by atomic mass is 19.1. The molecular formula is C14H13FN2O. The Labute approximate surface area is 105 Å². The predicted octanol–water partition coefficient (Wildman–Crippen LogP) is 2.60. The third kappa shape index (κ3) is 2.41.